The highest BCUT2D eigenvalue weighted by atomic mass is 32.1. The second-order valence-corrected chi connectivity index (χ2v) is 5.60. The normalized spacial score (nSPS) is 12.1. The molecule has 0 radical (unpaired) electrons. The molecular formula is C13H18N4S. The van der Waals surface area contributed by atoms with Gasteiger partial charge in [-0.15, -0.1) is 11.3 Å². The first-order chi connectivity index (χ1) is 8.63. The summed E-state index contributed by atoms with van der Waals surface area (Å²) in [5.41, 5.74) is 5.40. The third kappa shape index (κ3) is 2.51. The van der Waals surface area contributed by atoms with Crippen molar-refractivity contribution >= 4 is 33.1 Å². The molecule has 2 aromatic rings. The summed E-state index contributed by atoms with van der Waals surface area (Å²) >= 11 is 1.70. The molecule has 2 rings (SSSR count). The van der Waals surface area contributed by atoms with Gasteiger partial charge >= 0.3 is 0 Å². The average molecular weight is 262 g/mol. The maximum absolute atomic E-state index is 4.37. The molecule has 0 saturated carbocycles. The predicted octanol–water partition coefficient (Wildman–Crippen LogP) is 3.90. The van der Waals surface area contributed by atoms with Gasteiger partial charge in [0.1, 0.15) is 11.2 Å². The lowest BCUT2D eigenvalue weighted by molar-refractivity contribution is 0.982. The Morgan fingerprint density at radius 1 is 1.39 bits per heavy atom. The summed E-state index contributed by atoms with van der Waals surface area (Å²) in [7, 11) is 0. The fraction of sp³-hybridized carbons (Fsp3) is 0.462. The van der Waals surface area contributed by atoms with Gasteiger partial charge in [-0.25, -0.2) is 9.97 Å². The lowest BCUT2D eigenvalue weighted by atomic mass is 10.2. The Bertz CT molecular complexity index is 586. The van der Waals surface area contributed by atoms with Crippen LogP contribution in [0.5, 0.6) is 0 Å². The first kappa shape index (κ1) is 13.0. The van der Waals surface area contributed by atoms with Gasteiger partial charge in [-0.2, -0.15) is 5.10 Å². The zero-order valence-corrected chi connectivity index (χ0v) is 12.1. The summed E-state index contributed by atoms with van der Waals surface area (Å²) < 4.78 is 0. The maximum atomic E-state index is 4.37. The molecule has 4 nitrogen and oxygen atoms in total. The van der Waals surface area contributed by atoms with E-state index in [4.69, 9.17) is 0 Å². The van der Waals surface area contributed by atoms with Gasteiger partial charge in [-0.1, -0.05) is 13.3 Å². The summed E-state index contributed by atoms with van der Waals surface area (Å²) in [4.78, 5) is 10.9. The quantitative estimate of drug-likeness (QED) is 0.671. The third-order valence-electron chi connectivity index (χ3n) is 2.93. The van der Waals surface area contributed by atoms with E-state index in [9.17, 15) is 0 Å². The summed E-state index contributed by atoms with van der Waals surface area (Å²) in [6.45, 7) is 8.39. The molecule has 0 aromatic carbocycles. The minimum absolute atomic E-state index is 0.803. The Hall–Kier alpha value is -1.49. The minimum Gasteiger partial charge on any atom is -0.261 e. The zero-order chi connectivity index (χ0) is 13.1. The summed E-state index contributed by atoms with van der Waals surface area (Å²) in [5.74, 6) is 0.803. The molecule has 2 aromatic heterocycles. The number of hydrogen-bond acceptors (Lipinski definition) is 5. The van der Waals surface area contributed by atoms with Crippen LogP contribution >= 0.6 is 11.3 Å². The van der Waals surface area contributed by atoms with Crippen LogP contribution < -0.4 is 5.43 Å². The molecule has 5 heteroatoms. The Morgan fingerprint density at radius 2 is 2.17 bits per heavy atom. The Labute approximate surface area is 111 Å². The number of nitrogens with one attached hydrogen (secondary N) is 1. The van der Waals surface area contributed by atoms with Gasteiger partial charge in [0.15, 0.2) is 5.82 Å². The van der Waals surface area contributed by atoms with Crippen LogP contribution in [-0.2, 0) is 0 Å². The molecule has 96 valence electrons. The van der Waals surface area contributed by atoms with Crippen molar-refractivity contribution in [3.63, 3.8) is 0 Å². The molecule has 2 heterocycles. The van der Waals surface area contributed by atoms with Crippen LogP contribution in [0, 0.1) is 13.8 Å². The van der Waals surface area contributed by atoms with Crippen molar-refractivity contribution in [3.05, 3.63) is 16.8 Å². The van der Waals surface area contributed by atoms with Gasteiger partial charge < -0.3 is 0 Å². The fourth-order valence-corrected chi connectivity index (χ4v) is 2.83. The van der Waals surface area contributed by atoms with Gasteiger partial charge in [0, 0.05) is 10.6 Å². The van der Waals surface area contributed by atoms with Crippen molar-refractivity contribution in [1.29, 1.82) is 0 Å². The smallest absolute Gasteiger partial charge is 0.158 e. The van der Waals surface area contributed by atoms with Crippen molar-refractivity contribution in [2.75, 3.05) is 5.43 Å². The topological polar surface area (TPSA) is 50.2 Å². The number of nitrogens with zero attached hydrogens (tertiary/aromatic N) is 3. The predicted molar refractivity (Wildman–Crippen MR) is 78.5 cm³/mol. The van der Waals surface area contributed by atoms with Crippen LogP contribution in [0.1, 0.15) is 37.1 Å². The van der Waals surface area contributed by atoms with Gasteiger partial charge in [0.05, 0.1) is 5.39 Å². The second kappa shape index (κ2) is 5.44. The van der Waals surface area contributed by atoms with Crippen LogP contribution in [0.4, 0.5) is 5.82 Å². The van der Waals surface area contributed by atoms with Gasteiger partial charge in [0.2, 0.25) is 0 Å². The third-order valence-corrected chi connectivity index (χ3v) is 4.05. The van der Waals surface area contributed by atoms with E-state index >= 15 is 0 Å². The Balaban J connectivity index is 2.36. The van der Waals surface area contributed by atoms with E-state index in [1.54, 1.807) is 17.7 Å². The molecule has 0 spiro atoms. The number of fused-ring (bicyclic) bond motifs is 1. The minimum atomic E-state index is 0.803. The molecule has 0 aliphatic heterocycles. The van der Waals surface area contributed by atoms with Crippen LogP contribution in [-0.4, -0.2) is 15.7 Å². The monoisotopic (exact) mass is 262 g/mol. The van der Waals surface area contributed by atoms with Crippen molar-refractivity contribution in [2.45, 2.75) is 40.5 Å². The van der Waals surface area contributed by atoms with Crippen LogP contribution in [0.25, 0.3) is 10.2 Å². The number of anilines is 1. The molecule has 0 fully saturated rings. The molecular weight excluding hydrogens is 244 g/mol. The number of thiophene rings is 1. The SMILES string of the molecule is CCC/C(C)=N\Nc1ncnc2sc(C)c(C)c12. The van der Waals surface area contributed by atoms with E-state index in [0.717, 1.165) is 34.6 Å². The van der Waals surface area contributed by atoms with Gasteiger partial charge in [-0.3, -0.25) is 5.43 Å². The van der Waals surface area contributed by atoms with E-state index < -0.39 is 0 Å². The first-order valence-electron chi connectivity index (χ1n) is 6.13. The molecule has 1 N–H and O–H groups in total. The summed E-state index contributed by atoms with van der Waals surface area (Å²) in [5, 5.41) is 5.46. The average Bonchev–Trinajstić information content (AvgIpc) is 2.64. The molecule has 0 aliphatic rings. The first-order valence-corrected chi connectivity index (χ1v) is 6.95. The van der Waals surface area contributed by atoms with Crippen molar-refractivity contribution in [1.82, 2.24) is 9.97 Å². The molecule has 0 bridgehead atoms. The molecule has 0 unspecified atom stereocenters. The van der Waals surface area contributed by atoms with Gasteiger partial charge in [-0.05, 0) is 32.8 Å². The summed E-state index contributed by atoms with van der Waals surface area (Å²) in [6.07, 6.45) is 3.69. The number of hydrazone groups is 1. The number of aryl methyl sites for hydroxylation is 2. The lowest BCUT2D eigenvalue weighted by Gasteiger charge is -2.03. The Morgan fingerprint density at radius 3 is 2.89 bits per heavy atom. The van der Waals surface area contributed by atoms with E-state index in [0.29, 0.717) is 0 Å². The maximum Gasteiger partial charge on any atom is 0.158 e. The standard InChI is InChI=1S/C13H18N4S/c1-5-6-8(2)16-17-12-11-9(3)10(4)18-13(11)15-7-14-12/h7H,5-6H2,1-4H3,(H,14,15,17)/b16-8-. The van der Waals surface area contributed by atoms with E-state index in [2.05, 4.69) is 41.3 Å². The number of hydrogen-bond donors (Lipinski definition) is 1. The highest BCUT2D eigenvalue weighted by molar-refractivity contribution is 7.18. The summed E-state index contributed by atoms with van der Waals surface area (Å²) in [6, 6.07) is 0. The van der Waals surface area contributed by atoms with Crippen LogP contribution in [0.3, 0.4) is 0 Å². The van der Waals surface area contributed by atoms with Crippen molar-refractivity contribution < 1.29 is 0 Å². The largest absolute Gasteiger partial charge is 0.261 e. The highest BCUT2D eigenvalue weighted by Crippen LogP contribution is 2.32. The van der Waals surface area contributed by atoms with Gasteiger partial charge in [0.25, 0.3) is 0 Å². The van der Waals surface area contributed by atoms with Crippen molar-refractivity contribution in [3.8, 4) is 0 Å². The molecule has 0 atom stereocenters. The molecule has 0 aliphatic carbocycles. The second-order valence-electron chi connectivity index (χ2n) is 4.39. The number of rotatable bonds is 4. The van der Waals surface area contributed by atoms with E-state index in [-0.39, 0.29) is 0 Å². The van der Waals surface area contributed by atoms with E-state index in [1.165, 1.54) is 10.4 Å². The lowest BCUT2D eigenvalue weighted by Crippen LogP contribution is -1.99. The number of aromatic nitrogens is 2. The van der Waals surface area contributed by atoms with Crippen molar-refractivity contribution in [2.24, 2.45) is 5.10 Å². The highest BCUT2D eigenvalue weighted by Gasteiger charge is 2.11. The molecule has 0 saturated heterocycles. The Kier molecular flexibility index (Phi) is 3.91. The zero-order valence-electron chi connectivity index (χ0n) is 11.2. The van der Waals surface area contributed by atoms with Crippen LogP contribution in [0.2, 0.25) is 0 Å². The fourth-order valence-electron chi connectivity index (χ4n) is 1.83. The van der Waals surface area contributed by atoms with Crippen LogP contribution in [0.15, 0.2) is 11.4 Å². The molecule has 0 amide bonds. The molecule has 18 heavy (non-hydrogen) atoms. The van der Waals surface area contributed by atoms with E-state index in [1.807, 2.05) is 6.92 Å².